The van der Waals surface area contributed by atoms with Gasteiger partial charge in [0, 0.05) is 25.1 Å². The van der Waals surface area contributed by atoms with Crippen molar-refractivity contribution in [2.24, 2.45) is 5.92 Å². The minimum Gasteiger partial charge on any atom is -0.309 e. The molecule has 0 fully saturated rings. The largest absolute Gasteiger partial charge is 0.309 e. The monoisotopic (exact) mass is 217 g/mol. The highest BCUT2D eigenvalue weighted by atomic mass is 16.1. The molecule has 0 amide bonds. The number of rotatable bonds is 4. The first kappa shape index (κ1) is 11.3. The van der Waals surface area contributed by atoms with Crippen LogP contribution in [0.15, 0.2) is 18.2 Å². The van der Waals surface area contributed by atoms with E-state index in [-0.39, 0.29) is 5.78 Å². The topological polar surface area (TPSA) is 29.1 Å². The van der Waals surface area contributed by atoms with E-state index in [0.717, 1.165) is 25.1 Å². The molecule has 0 radical (unpaired) electrons. The van der Waals surface area contributed by atoms with Crippen LogP contribution in [0.25, 0.3) is 0 Å². The van der Waals surface area contributed by atoms with Crippen LogP contribution in [0.2, 0.25) is 0 Å². The lowest BCUT2D eigenvalue weighted by atomic mass is 9.98. The predicted octanol–water partition coefficient (Wildman–Crippen LogP) is 2.91. The Morgan fingerprint density at radius 1 is 1.31 bits per heavy atom. The van der Waals surface area contributed by atoms with Gasteiger partial charge in [-0.3, -0.25) is 4.79 Å². The van der Waals surface area contributed by atoms with Gasteiger partial charge in [0.15, 0.2) is 5.78 Å². The van der Waals surface area contributed by atoms with Crippen LogP contribution in [0.3, 0.4) is 0 Å². The molecule has 0 saturated carbocycles. The fourth-order valence-corrected chi connectivity index (χ4v) is 2.03. The van der Waals surface area contributed by atoms with E-state index in [2.05, 4.69) is 31.3 Å². The van der Waals surface area contributed by atoms with Crippen molar-refractivity contribution < 1.29 is 4.79 Å². The number of benzene rings is 1. The normalized spacial score (nSPS) is 14.2. The van der Waals surface area contributed by atoms with Gasteiger partial charge < -0.3 is 5.32 Å². The smallest absolute Gasteiger partial charge is 0.162 e. The molecule has 1 aromatic carbocycles. The summed E-state index contributed by atoms with van der Waals surface area (Å²) in [6, 6.07) is 6.10. The van der Waals surface area contributed by atoms with Crippen LogP contribution in [0.5, 0.6) is 0 Å². The molecule has 86 valence electrons. The number of Topliss-reactive ketones (excluding diaryl/α,β-unsaturated/α-hetero) is 1. The Morgan fingerprint density at radius 3 is 2.81 bits per heavy atom. The van der Waals surface area contributed by atoms with Gasteiger partial charge in [-0.1, -0.05) is 26.0 Å². The third-order valence-electron chi connectivity index (χ3n) is 3.11. The minimum atomic E-state index is 0.281. The predicted molar refractivity (Wildman–Crippen MR) is 65.4 cm³/mol. The number of carbonyl (C=O) groups excluding carboxylic acids is 1. The van der Waals surface area contributed by atoms with E-state index in [4.69, 9.17) is 0 Å². The average molecular weight is 217 g/mol. The number of fused-ring (bicyclic) bond motifs is 1. The summed E-state index contributed by atoms with van der Waals surface area (Å²) in [5.41, 5.74) is 3.50. The summed E-state index contributed by atoms with van der Waals surface area (Å²) in [6.45, 7) is 6.15. The highest BCUT2D eigenvalue weighted by molar-refractivity contribution is 5.96. The first-order valence-corrected chi connectivity index (χ1v) is 6.02. The first-order valence-electron chi connectivity index (χ1n) is 6.02. The first-order chi connectivity index (χ1) is 7.66. The fourth-order valence-electron chi connectivity index (χ4n) is 2.03. The number of carbonyl (C=O) groups is 1. The fraction of sp³-hybridized carbons (Fsp3) is 0.500. The molecule has 16 heavy (non-hydrogen) atoms. The molecule has 1 aliphatic rings. The van der Waals surface area contributed by atoms with Crippen molar-refractivity contribution in [1.82, 2.24) is 5.32 Å². The molecule has 1 N–H and O–H groups in total. The maximum atomic E-state index is 11.9. The van der Waals surface area contributed by atoms with Gasteiger partial charge in [0.2, 0.25) is 0 Å². The van der Waals surface area contributed by atoms with Crippen molar-refractivity contribution in [1.29, 1.82) is 0 Å². The molecule has 1 heterocycles. The molecule has 0 spiro atoms. The number of ketones is 1. The molecule has 0 saturated heterocycles. The van der Waals surface area contributed by atoms with Crippen LogP contribution in [0, 0.1) is 5.92 Å². The Morgan fingerprint density at radius 2 is 2.06 bits per heavy atom. The quantitative estimate of drug-likeness (QED) is 0.786. The maximum Gasteiger partial charge on any atom is 0.162 e. The third kappa shape index (κ3) is 2.50. The van der Waals surface area contributed by atoms with E-state index in [9.17, 15) is 4.79 Å². The maximum absolute atomic E-state index is 11.9. The molecule has 0 bridgehead atoms. The second-order valence-corrected chi connectivity index (χ2v) is 4.94. The summed E-state index contributed by atoms with van der Waals surface area (Å²) in [7, 11) is 0. The summed E-state index contributed by atoms with van der Waals surface area (Å²) in [6.07, 6.45) is 1.65. The lowest BCUT2D eigenvalue weighted by Crippen LogP contribution is -2.02. The molecular formula is C14H19NO. The summed E-state index contributed by atoms with van der Waals surface area (Å²) in [5.74, 6) is 0.878. The second kappa shape index (κ2) is 4.79. The van der Waals surface area contributed by atoms with Crippen LogP contribution in [0.1, 0.15) is 48.2 Å². The zero-order chi connectivity index (χ0) is 11.5. The number of hydrogen-bond donors (Lipinski definition) is 1. The van der Waals surface area contributed by atoms with Crippen LogP contribution < -0.4 is 5.32 Å². The van der Waals surface area contributed by atoms with Crippen molar-refractivity contribution in [3.63, 3.8) is 0 Å². The third-order valence-corrected chi connectivity index (χ3v) is 3.11. The second-order valence-electron chi connectivity index (χ2n) is 4.94. The Balaban J connectivity index is 2.06. The highest BCUT2D eigenvalue weighted by Crippen LogP contribution is 2.18. The van der Waals surface area contributed by atoms with Crippen molar-refractivity contribution in [3.8, 4) is 0 Å². The molecular weight excluding hydrogens is 198 g/mol. The van der Waals surface area contributed by atoms with Crippen LogP contribution >= 0.6 is 0 Å². The Hall–Kier alpha value is -1.15. The van der Waals surface area contributed by atoms with Gasteiger partial charge in [0.25, 0.3) is 0 Å². The van der Waals surface area contributed by atoms with Gasteiger partial charge in [-0.05, 0) is 29.5 Å². The van der Waals surface area contributed by atoms with Gasteiger partial charge >= 0.3 is 0 Å². The van der Waals surface area contributed by atoms with Gasteiger partial charge in [0.05, 0.1) is 0 Å². The van der Waals surface area contributed by atoms with Crippen molar-refractivity contribution >= 4 is 5.78 Å². The summed E-state index contributed by atoms with van der Waals surface area (Å²) in [5, 5.41) is 3.29. The van der Waals surface area contributed by atoms with E-state index < -0.39 is 0 Å². The zero-order valence-corrected chi connectivity index (χ0v) is 10.0. The lowest BCUT2D eigenvalue weighted by Gasteiger charge is -2.05. The van der Waals surface area contributed by atoms with Crippen LogP contribution in [0.4, 0.5) is 0 Å². The van der Waals surface area contributed by atoms with Crippen molar-refractivity contribution in [2.45, 2.75) is 39.8 Å². The molecule has 0 atom stereocenters. The summed E-state index contributed by atoms with van der Waals surface area (Å²) >= 11 is 0. The molecule has 0 aliphatic carbocycles. The van der Waals surface area contributed by atoms with Gasteiger partial charge in [-0.15, -0.1) is 0 Å². The molecule has 0 aromatic heterocycles. The van der Waals surface area contributed by atoms with Crippen LogP contribution in [-0.2, 0) is 13.1 Å². The van der Waals surface area contributed by atoms with Crippen molar-refractivity contribution in [2.75, 3.05) is 0 Å². The minimum absolute atomic E-state index is 0.281. The molecule has 1 aromatic rings. The molecule has 2 nitrogen and oxygen atoms in total. The average Bonchev–Trinajstić information content (AvgIpc) is 2.72. The Bertz CT molecular complexity index is 396. The Kier molecular flexibility index (Phi) is 3.39. The highest BCUT2D eigenvalue weighted by Gasteiger charge is 2.13. The molecule has 1 aliphatic heterocycles. The number of nitrogens with one attached hydrogen (secondary N) is 1. The van der Waals surface area contributed by atoms with E-state index in [0.29, 0.717) is 12.3 Å². The van der Waals surface area contributed by atoms with Gasteiger partial charge in [0.1, 0.15) is 0 Å². The zero-order valence-electron chi connectivity index (χ0n) is 10.0. The van der Waals surface area contributed by atoms with Gasteiger partial charge in [-0.2, -0.15) is 0 Å². The van der Waals surface area contributed by atoms with E-state index in [1.54, 1.807) is 0 Å². The van der Waals surface area contributed by atoms with Crippen molar-refractivity contribution in [3.05, 3.63) is 34.9 Å². The standard InChI is InChI=1S/C14H19NO/c1-10(2)3-6-14(16)11-4-5-12-8-15-9-13(12)7-11/h4-5,7,10,15H,3,6,8-9H2,1-2H3. The van der Waals surface area contributed by atoms with E-state index in [1.165, 1.54) is 11.1 Å². The summed E-state index contributed by atoms with van der Waals surface area (Å²) in [4.78, 5) is 11.9. The number of hydrogen-bond acceptors (Lipinski definition) is 2. The Labute approximate surface area is 97.1 Å². The molecule has 0 unspecified atom stereocenters. The van der Waals surface area contributed by atoms with Gasteiger partial charge in [-0.25, -0.2) is 0 Å². The van der Waals surface area contributed by atoms with Crippen LogP contribution in [-0.4, -0.2) is 5.78 Å². The van der Waals surface area contributed by atoms with E-state index >= 15 is 0 Å². The summed E-state index contributed by atoms with van der Waals surface area (Å²) < 4.78 is 0. The lowest BCUT2D eigenvalue weighted by molar-refractivity contribution is 0.0975. The molecule has 2 heteroatoms. The SMILES string of the molecule is CC(C)CCC(=O)c1ccc2c(c1)CNC2. The van der Waals surface area contributed by atoms with E-state index in [1.807, 2.05) is 6.07 Å². The molecule has 2 rings (SSSR count).